The Balaban J connectivity index is 1.78. The number of hydrogen-bond donors (Lipinski definition) is 2. The maximum Gasteiger partial charge on any atom is 0.329 e. The van der Waals surface area contributed by atoms with Crippen LogP contribution < -0.4 is 10.8 Å². The molecule has 2 N–H and O–H groups in total. The molecule has 3 rings (SSSR count). The highest BCUT2D eigenvalue weighted by Gasteiger charge is 2.25. The Hall–Kier alpha value is -3.39. The Morgan fingerprint density at radius 2 is 2.04 bits per heavy atom. The summed E-state index contributed by atoms with van der Waals surface area (Å²) in [6.45, 7) is 1.14. The molecule has 0 aliphatic carbocycles. The summed E-state index contributed by atoms with van der Waals surface area (Å²) in [6, 6.07) is 10.6. The van der Waals surface area contributed by atoms with Crippen LogP contribution in [0.1, 0.15) is 23.2 Å². The topological polar surface area (TPSA) is 111 Å². The lowest BCUT2D eigenvalue weighted by atomic mass is 10.1. The number of rotatable bonds is 5. The molecule has 0 aliphatic rings. The monoisotopic (exact) mass is 401 g/mol. The zero-order valence-electron chi connectivity index (χ0n) is 14.8. The Morgan fingerprint density at radius 3 is 2.75 bits per heavy atom. The minimum absolute atomic E-state index is 0.0172. The van der Waals surface area contributed by atoms with E-state index in [1.54, 1.807) is 42.6 Å². The predicted molar refractivity (Wildman–Crippen MR) is 100 cm³/mol. The van der Waals surface area contributed by atoms with Crippen molar-refractivity contribution < 1.29 is 23.6 Å². The van der Waals surface area contributed by atoms with E-state index in [0.29, 0.717) is 21.7 Å². The van der Waals surface area contributed by atoms with Gasteiger partial charge in [0.1, 0.15) is 11.6 Å². The van der Waals surface area contributed by atoms with Crippen molar-refractivity contribution in [1.82, 2.24) is 15.8 Å². The summed E-state index contributed by atoms with van der Waals surface area (Å²) < 4.78 is 5.51. The second kappa shape index (κ2) is 8.53. The van der Waals surface area contributed by atoms with Crippen molar-refractivity contribution in [3.05, 3.63) is 65.1 Å². The molecule has 144 valence electrons. The van der Waals surface area contributed by atoms with Crippen LogP contribution in [0.5, 0.6) is 0 Å². The van der Waals surface area contributed by atoms with Crippen molar-refractivity contribution in [1.29, 1.82) is 0 Å². The van der Waals surface area contributed by atoms with Gasteiger partial charge in [-0.1, -0.05) is 17.7 Å². The molecule has 0 unspecified atom stereocenters. The second-order valence-electron chi connectivity index (χ2n) is 5.90. The molecule has 2 heterocycles. The molecule has 2 aromatic heterocycles. The van der Waals surface area contributed by atoms with E-state index in [9.17, 15) is 14.4 Å². The van der Waals surface area contributed by atoms with Crippen molar-refractivity contribution >= 4 is 40.4 Å². The van der Waals surface area contributed by atoms with Crippen LogP contribution in [0.4, 0.5) is 0 Å². The molecule has 0 saturated carbocycles. The van der Waals surface area contributed by atoms with Crippen molar-refractivity contribution in [2.24, 2.45) is 0 Å². The molecule has 8 nitrogen and oxygen atoms in total. The molecule has 0 saturated heterocycles. The third kappa shape index (κ3) is 4.86. The lowest BCUT2D eigenvalue weighted by Crippen LogP contribution is -2.48. The van der Waals surface area contributed by atoms with Gasteiger partial charge in [0, 0.05) is 35.6 Å². The summed E-state index contributed by atoms with van der Waals surface area (Å²) in [5.74, 6) is -1.98. The van der Waals surface area contributed by atoms with Gasteiger partial charge in [-0.05, 0) is 36.4 Å². The first-order valence-electron chi connectivity index (χ1n) is 8.29. The number of furan rings is 1. The van der Waals surface area contributed by atoms with Crippen molar-refractivity contribution in [3.8, 4) is 0 Å². The number of carbonyl (C=O) groups is 3. The molecular formula is C19H16ClN3O5. The standard InChI is InChI=1S/C19H16ClN3O5/c1-11(24)28-23-18(25)15(10-14-4-2-3-7-21-14)22-19(26)17-9-12-8-13(20)5-6-16(12)27-17/h2-9,15H,10H2,1H3,(H,22,26)(H,23,25)/t15-/m0/s1. The summed E-state index contributed by atoms with van der Waals surface area (Å²) in [6.07, 6.45) is 1.66. The fourth-order valence-corrected chi connectivity index (χ4v) is 2.67. The maximum atomic E-state index is 12.6. The summed E-state index contributed by atoms with van der Waals surface area (Å²) in [4.78, 5) is 44.6. The molecule has 9 heteroatoms. The van der Waals surface area contributed by atoms with Gasteiger partial charge in [0.05, 0.1) is 0 Å². The van der Waals surface area contributed by atoms with Crippen molar-refractivity contribution in [3.63, 3.8) is 0 Å². The number of nitrogens with zero attached hydrogens (tertiary/aromatic N) is 1. The zero-order chi connectivity index (χ0) is 20.1. The summed E-state index contributed by atoms with van der Waals surface area (Å²) in [5, 5.41) is 3.74. The van der Waals surface area contributed by atoms with Crippen LogP contribution in [-0.2, 0) is 20.8 Å². The molecule has 1 atom stereocenters. The lowest BCUT2D eigenvalue weighted by molar-refractivity contribution is -0.156. The first-order valence-corrected chi connectivity index (χ1v) is 8.67. The van der Waals surface area contributed by atoms with E-state index in [0.717, 1.165) is 6.92 Å². The van der Waals surface area contributed by atoms with E-state index >= 15 is 0 Å². The molecular weight excluding hydrogens is 386 g/mol. The van der Waals surface area contributed by atoms with E-state index in [1.807, 2.05) is 5.48 Å². The SMILES string of the molecule is CC(=O)ONC(=O)[C@H](Cc1ccccn1)NC(=O)c1cc2cc(Cl)ccc2o1. The van der Waals surface area contributed by atoms with Crippen LogP contribution in [0, 0.1) is 0 Å². The number of hydroxylamine groups is 1. The number of aromatic nitrogens is 1. The zero-order valence-corrected chi connectivity index (χ0v) is 15.5. The van der Waals surface area contributed by atoms with Gasteiger partial charge in [-0.25, -0.2) is 0 Å². The average Bonchev–Trinajstić information content (AvgIpc) is 3.09. The number of hydrogen-bond acceptors (Lipinski definition) is 6. The third-order valence-electron chi connectivity index (χ3n) is 3.76. The highest BCUT2D eigenvalue weighted by Crippen LogP contribution is 2.23. The van der Waals surface area contributed by atoms with Gasteiger partial charge in [-0.15, -0.1) is 0 Å². The number of fused-ring (bicyclic) bond motifs is 1. The highest BCUT2D eigenvalue weighted by molar-refractivity contribution is 6.31. The van der Waals surface area contributed by atoms with E-state index in [1.165, 1.54) is 6.07 Å². The van der Waals surface area contributed by atoms with E-state index in [2.05, 4.69) is 15.1 Å². The van der Waals surface area contributed by atoms with Gasteiger partial charge >= 0.3 is 5.97 Å². The first kappa shape index (κ1) is 19.4. The van der Waals surface area contributed by atoms with Gasteiger partial charge in [0.25, 0.3) is 11.8 Å². The van der Waals surface area contributed by atoms with Crippen LogP contribution >= 0.6 is 11.6 Å². The fourth-order valence-electron chi connectivity index (χ4n) is 2.49. The van der Waals surface area contributed by atoms with Gasteiger partial charge in [0.2, 0.25) is 0 Å². The Kier molecular flexibility index (Phi) is 5.90. The molecule has 0 aliphatic heterocycles. The van der Waals surface area contributed by atoms with Gasteiger partial charge in [-0.3, -0.25) is 19.4 Å². The van der Waals surface area contributed by atoms with Crippen LogP contribution in [0.2, 0.25) is 5.02 Å². The number of carbonyl (C=O) groups excluding carboxylic acids is 3. The fraction of sp³-hybridized carbons (Fsp3) is 0.158. The summed E-state index contributed by atoms with van der Waals surface area (Å²) >= 11 is 5.94. The third-order valence-corrected chi connectivity index (χ3v) is 3.99. The minimum Gasteiger partial charge on any atom is -0.451 e. The Morgan fingerprint density at radius 1 is 1.21 bits per heavy atom. The normalized spacial score (nSPS) is 11.6. The molecule has 0 spiro atoms. The predicted octanol–water partition coefficient (Wildman–Crippen LogP) is 2.42. The molecule has 0 bridgehead atoms. The van der Waals surface area contributed by atoms with E-state index in [-0.39, 0.29) is 12.2 Å². The molecule has 1 aromatic carbocycles. The average molecular weight is 402 g/mol. The minimum atomic E-state index is -1.04. The second-order valence-corrected chi connectivity index (χ2v) is 6.34. The van der Waals surface area contributed by atoms with Crippen LogP contribution in [0.25, 0.3) is 11.0 Å². The summed E-state index contributed by atoms with van der Waals surface area (Å²) in [5.41, 5.74) is 3.07. The number of benzene rings is 1. The van der Waals surface area contributed by atoms with Gasteiger partial charge in [-0.2, -0.15) is 5.48 Å². The maximum absolute atomic E-state index is 12.6. The molecule has 0 fully saturated rings. The van der Waals surface area contributed by atoms with E-state index < -0.39 is 23.8 Å². The number of pyridine rings is 1. The first-order chi connectivity index (χ1) is 13.4. The number of halogens is 1. The van der Waals surface area contributed by atoms with Crippen molar-refractivity contribution in [2.45, 2.75) is 19.4 Å². The lowest BCUT2D eigenvalue weighted by Gasteiger charge is -2.16. The molecule has 0 radical (unpaired) electrons. The molecule has 28 heavy (non-hydrogen) atoms. The van der Waals surface area contributed by atoms with Crippen LogP contribution in [0.15, 0.2) is 53.1 Å². The largest absolute Gasteiger partial charge is 0.451 e. The van der Waals surface area contributed by atoms with Crippen molar-refractivity contribution in [2.75, 3.05) is 0 Å². The summed E-state index contributed by atoms with van der Waals surface area (Å²) in [7, 11) is 0. The number of amides is 2. The Labute approximate surface area is 164 Å². The van der Waals surface area contributed by atoms with Gasteiger partial charge in [0.15, 0.2) is 5.76 Å². The quantitative estimate of drug-likeness (QED) is 0.635. The van der Waals surface area contributed by atoms with E-state index in [4.69, 9.17) is 16.0 Å². The smallest absolute Gasteiger partial charge is 0.329 e. The highest BCUT2D eigenvalue weighted by atomic mass is 35.5. The Bertz CT molecular complexity index is 1020. The van der Waals surface area contributed by atoms with Crippen LogP contribution in [-0.4, -0.2) is 28.8 Å². The van der Waals surface area contributed by atoms with Crippen LogP contribution in [0.3, 0.4) is 0 Å². The number of nitrogens with one attached hydrogen (secondary N) is 2. The van der Waals surface area contributed by atoms with Gasteiger partial charge < -0.3 is 14.6 Å². The molecule has 2 amide bonds. The molecule has 3 aromatic rings.